The molecule has 2 aliphatic heterocycles. The Morgan fingerprint density at radius 3 is 2.84 bits per heavy atom. The molecule has 1 aromatic rings. The Morgan fingerprint density at radius 2 is 2.05 bits per heavy atom. The van der Waals surface area contributed by atoms with Gasteiger partial charge in [-0.1, -0.05) is 6.42 Å². The molecule has 0 radical (unpaired) electrons. The lowest BCUT2D eigenvalue weighted by Gasteiger charge is -2.32. The van der Waals surface area contributed by atoms with Gasteiger partial charge in [0.05, 0.1) is 12.8 Å². The average Bonchev–Trinajstić information content (AvgIpc) is 3.09. The van der Waals surface area contributed by atoms with Gasteiger partial charge >= 0.3 is 0 Å². The quantitative estimate of drug-likeness (QED) is 0.900. The maximum Gasteiger partial charge on any atom is 0.121 e. The molecule has 3 heterocycles. The van der Waals surface area contributed by atoms with Crippen LogP contribution in [0.25, 0.3) is 0 Å². The molecule has 0 aromatic carbocycles. The minimum absolute atomic E-state index is 0.506. The van der Waals surface area contributed by atoms with Crippen LogP contribution in [-0.4, -0.2) is 42.0 Å². The van der Waals surface area contributed by atoms with Crippen molar-refractivity contribution < 1.29 is 4.42 Å². The number of hydrogen-bond acceptors (Lipinski definition) is 4. The molecule has 1 aromatic heterocycles. The van der Waals surface area contributed by atoms with E-state index in [1.807, 2.05) is 0 Å². The molecule has 19 heavy (non-hydrogen) atoms. The van der Waals surface area contributed by atoms with E-state index in [-0.39, 0.29) is 0 Å². The van der Waals surface area contributed by atoms with E-state index in [1.54, 1.807) is 6.26 Å². The van der Waals surface area contributed by atoms with Crippen molar-refractivity contribution in [2.45, 2.75) is 44.8 Å². The van der Waals surface area contributed by atoms with Crippen molar-refractivity contribution in [1.29, 1.82) is 0 Å². The largest absolute Gasteiger partial charge is 0.468 e. The summed E-state index contributed by atoms with van der Waals surface area (Å²) < 4.78 is 5.41. The molecule has 0 bridgehead atoms. The SMILES string of the molecule is NCc1occc1CN1CCC(N2CCCCC2)C1. The van der Waals surface area contributed by atoms with Crippen molar-refractivity contribution in [3.8, 4) is 0 Å². The first-order chi connectivity index (χ1) is 9.36. The van der Waals surface area contributed by atoms with Crippen LogP contribution in [0.15, 0.2) is 16.7 Å². The first-order valence-electron chi connectivity index (χ1n) is 7.58. The minimum atomic E-state index is 0.506. The Labute approximate surface area is 115 Å². The lowest BCUT2D eigenvalue weighted by molar-refractivity contribution is 0.161. The molecule has 2 saturated heterocycles. The number of rotatable bonds is 4. The van der Waals surface area contributed by atoms with Crippen molar-refractivity contribution in [3.63, 3.8) is 0 Å². The van der Waals surface area contributed by atoms with Crippen LogP contribution < -0.4 is 5.73 Å². The summed E-state index contributed by atoms with van der Waals surface area (Å²) in [5, 5.41) is 0. The highest BCUT2D eigenvalue weighted by Gasteiger charge is 2.28. The van der Waals surface area contributed by atoms with Crippen molar-refractivity contribution in [2.24, 2.45) is 5.73 Å². The van der Waals surface area contributed by atoms with Crippen molar-refractivity contribution >= 4 is 0 Å². The highest BCUT2D eigenvalue weighted by Crippen LogP contribution is 2.22. The molecule has 4 nitrogen and oxygen atoms in total. The number of hydrogen-bond donors (Lipinski definition) is 1. The number of nitrogens with zero attached hydrogens (tertiary/aromatic N) is 2. The number of likely N-dealkylation sites (tertiary alicyclic amines) is 2. The molecule has 1 atom stereocenters. The van der Waals surface area contributed by atoms with Gasteiger partial charge in [0.2, 0.25) is 0 Å². The number of furan rings is 1. The molecule has 1 unspecified atom stereocenters. The van der Waals surface area contributed by atoms with Gasteiger partial charge in [0.1, 0.15) is 5.76 Å². The fourth-order valence-corrected chi connectivity index (χ4v) is 3.47. The smallest absolute Gasteiger partial charge is 0.121 e. The Morgan fingerprint density at radius 1 is 1.21 bits per heavy atom. The van der Waals surface area contributed by atoms with Crippen LogP contribution in [0.5, 0.6) is 0 Å². The van der Waals surface area contributed by atoms with Crippen LogP contribution in [0.1, 0.15) is 37.0 Å². The van der Waals surface area contributed by atoms with E-state index in [1.165, 1.54) is 57.4 Å². The minimum Gasteiger partial charge on any atom is -0.468 e. The molecule has 0 aliphatic carbocycles. The monoisotopic (exact) mass is 263 g/mol. The molecule has 4 heteroatoms. The summed E-state index contributed by atoms with van der Waals surface area (Å²) in [7, 11) is 0. The maximum absolute atomic E-state index is 5.69. The van der Waals surface area contributed by atoms with Crippen molar-refractivity contribution in [1.82, 2.24) is 9.80 Å². The number of piperidine rings is 1. The van der Waals surface area contributed by atoms with E-state index in [4.69, 9.17) is 10.2 Å². The highest BCUT2D eigenvalue weighted by molar-refractivity contribution is 5.17. The van der Waals surface area contributed by atoms with Gasteiger partial charge in [0.15, 0.2) is 0 Å². The van der Waals surface area contributed by atoms with Crippen LogP contribution >= 0.6 is 0 Å². The van der Waals surface area contributed by atoms with E-state index >= 15 is 0 Å². The second-order valence-corrected chi connectivity index (χ2v) is 5.85. The predicted octanol–water partition coefficient (Wildman–Crippen LogP) is 1.80. The van der Waals surface area contributed by atoms with Crippen LogP contribution in [-0.2, 0) is 13.1 Å². The van der Waals surface area contributed by atoms with Gasteiger partial charge < -0.3 is 10.2 Å². The Hall–Kier alpha value is -0.840. The van der Waals surface area contributed by atoms with Crippen molar-refractivity contribution in [3.05, 3.63) is 23.7 Å². The molecule has 2 aliphatic rings. The van der Waals surface area contributed by atoms with E-state index < -0.39 is 0 Å². The molecular weight excluding hydrogens is 238 g/mol. The molecule has 3 rings (SSSR count). The summed E-state index contributed by atoms with van der Waals surface area (Å²) in [6.45, 7) is 6.52. The summed E-state index contributed by atoms with van der Waals surface area (Å²) >= 11 is 0. The van der Waals surface area contributed by atoms with E-state index in [0.717, 1.165) is 18.3 Å². The maximum atomic E-state index is 5.69. The van der Waals surface area contributed by atoms with E-state index in [2.05, 4.69) is 15.9 Å². The summed E-state index contributed by atoms with van der Waals surface area (Å²) in [6, 6.07) is 2.84. The zero-order chi connectivity index (χ0) is 13.1. The van der Waals surface area contributed by atoms with Gasteiger partial charge in [-0.2, -0.15) is 0 Å². The molecule has 0 amide bonds. The van der Waals surface area contributed by atoms with Crippen LogP contribution in [0, 0.1) is 0 Å². The number of nitrogens with two attached hydrogens (primary N) is 1. The van der Waals surface area contributed by atoms with Gasteiger partial charge in [-0.15, -0.1) is 0 Å². The van der Waals surface area contributed by atoms with Crippen LogP contribution in [0.3, 0.4) is 0 Å². The first-order valence-corrected chi connectivity index (χ1v) is 7.58. The van der Waals surface area contributed by atoms with E-state index in [0.29, 0.717) is 6.54 Å². The molecule has 2 N–H and O–H groups in total. The third-order valence-electron chi connectivity index (χ3n) is 4.57. The van der Waals surface area contributed by atoms with Gasteiger partial charge in [0.25, 0.3) is 0 Å². The molecule has 0 spiro atoms. The van der Waals surface area contributed by atoms with Crippen LogP contribution in [0.2, 0.25) is 0 Å². The van der Waals surface area contributed by atoms with Gasteiger partial charge in [0, 0.05) is 31.2 Å². The fraction of sp³-hybridized carbons (Fsp3) is 0.733. The summed E-state index contributed by atoms with van der Waals surface area (Å²) in [5.74, 6) is 0.946. The normalized spacial score (nSPS) is 26.1. The third-order valence-corrected chi connectivity index (χ3v) is 4.57. The standard InChI is InChI=1S/C15H25N3O/c16-10-15-13(5-9-19-15)11-17-8-4-14(12-17)18-6-2-1-3-7-18/h5,9,14H,1-4,6-8,10-12,16H2. The van der Waals surface area contributed by atoms with Gasteiger partial charge in [-0.25, -0.2) is 0 Å². The zero-order valence-corrected chi connectivity index (χ0v) is 11.7. The molecule has 0 saturated carbocycles. The summed E-state index contributed by atoms with van der Waals surface area (Å²) in [4.78, 5) is 5.24. The Kier molecular flexibility index (Phi) is 4.21. The summed E-state index contributed by atoms with van der Waals surface area (Å²) in [6.07, 6.45) is 7.26. The first kappa shape index (κ1) is 13.2. The van der Waals surface area contributed by atoms with Crippen LogP contribution in [0.4, 0.5) is 0 Å². The summed E-state index contributed by atoms with van der Waals surface area (Å²) in [5.41, 5.74) is 6.96. The fourth-order valence-electron chi connectivity index (χ4n) is 3.47. The average molecular weight is 263 g/mol. The molecule has 2 fully saturated rings. The molecular formula is C15H25N3O. The molecule has 106 valence electrons. The van der Waals surface area contributed by atoms with Gasteiger partial charge in [-0.05, 0) is 38.4 Å². The lowest BCUT2D eigenvalue weighted by Crippen LogP contribution is -2.40. The van der Waals surface area contributed by atoms with Crippen molar-refractivity contribution in [2.75, 3.05) is 26.2 Å². The lowest BCUT2D eigenvalue weighted by atomic mass is 10.1. The topological polar surface area (TPSA) is 45.6 Å². The highest BCUT2D eigenvalue weighted by atomic mass is 16.3. The Bertz CT molecular complexity index is 398. The third kappa shape index (κ3) is 3.02. The van der Waals surface area contributed by atoms with Gasteiger partial charge in [-0.3, -0.25) is 9.80 Å². The van der Waals surface area contributed by atoms with E-state index in [9.17, 15) is 0 Å². The Balaban J connectivity index is 1.54. The predicted molar refractivity (Wildman–Crippen MR) is 75.7 cm³/mol. The second kappa shape index (κ2) is 6.07. The second-order valence-electron chi connectivity index (χ2n) is 5.85. The zero-order valence-electron chi connectivity index (χ0n) is 11.7.